The van der Waals surface area contributed by atoms with Gasteiger partial charge in [-0.15, -0.1) is 0 Å². The van der Waals surface area contributed by atoms with Crippen LogP contribution < -0.4 is 0 Å². The van der Waals surface area contributed by atoms with Gasteiger partial charge in [-0.3, -0.25) is 14.4 Å². The molecule has 0 aliphatic heterocycles. The highest BCUT2D eigenvalue weighted by Crippen LogP contribution is 2.43. The molecule has 1 atom stereocenters. The summed E-state index contributed by atoms with van der Waals surface area (Å²) in [6, 6.07) is 12.4. The van der Waals surface area contributed by atoms with E-state index < -0.39 is 11.0 Å². The molecule has 5 heteroatoms. The highest BCUT2D eigenvalue weighted by molar-refractivity contribution is 6.13. The van der Waals surface area contributed by atoms with Crippen molar-refractivity contribution in [1.82, 2.24) is 0 Å². The van der Waals surface area contributed by atoms with Gasteiger partial charge in [0.2, 0.25) is 0 Å². The molecule has 1 unspecified atom stereocenters. The molecule has 1 aliphatic rings. The highest BCUT2D eigenvalue weighted by atomic mass is 16.6. The van der Waals surface area contributed by atoms with E-state index in [4.69, 9.17) is 9.47 Å². The summed E-state index contributed by atoms with van der Waals surface area (Å²) < 4.78 is 10.7. The minimum atomic E-state index is -1.10. The molecule has 0 saturated carbocycles. The monoisotopic (exact) mass is 380 g/mol. The lowest BCUT2D eigenvalue weighted by Crippen LogP contribution is -2.40. The van der Waals surface area contributed by atoms with Crippen LogP contribution in [0.1, 0.15) is 60.3 Å². The van der Waals surface area contributed by atoms with Crippen molar-refractivity contribution in [1.29, 1.82) is 0 Å². The lowest BCUT2D eigenvalue weighted by atomic mass is 9.74. The maximum atomic E-state index is 13.1. The number of esters is 2. The molecule has 2 aromatic carbocycles. The zero-order valence-corrected chi connectivity index (χ0v) is 16.8. The number of hydrogen-bond donors (Lipinski definition) is 0. The SMILES string of the molecule is COC(=O)Cc1ccc2c(c1)C(=O)c1ccccc1C2(C)OC(=O)C(C)(C)C. The van der Waals surface area contributed by atoms with E-state index in [1.54, 1.807) is 58.0 Å². The van der Waals surface area contributed by atoms with E-state index in [2.05, 4.69) is 0 Å². The predicted octanol–water partition coefficient (Wildman–Crippen LogP) is 3.80. The maximum Gasteiger partial charge on any atom is 0.312 e. The number of carbonyl (C=O) groups excluding carboxylic acids is 3. The molecule has 1 aliphatic carbocycles. The molecular formula is C23H24O5. The van der Waals surface area contributed by atoms with E-state index in [0.29, 0.717) is 27.8 Å². The number of methoxy groups -OCH3 is 1. The number of carbonyl (C=O) groups is 3. The van der Waals surface area contributed by atoms with Crippen LogP contribution in [0.25, 0.3) is 0 Å². The first-order valence-corrected chi connectivity index (χ1v) is 9.16. The Morgan fingerprint density at radius 2 is 1.64 bits per heavy atom. The van der Waals surface area contributed by atoms with Gasteiger partial charge < -0.3 is 9.47 Å². The first kappa shape index (κ1) is 19.8. The van der Waals surface area contributed by atoms with Crippen LogP contribution >= 0.6 is 0 Å². The van der Waals surface area contributed by atoms with Gasteiger partial charge in [-0.2, -0.15) is 0 Å². The third-order valence-electron chi connectivity index (χ3n) is 5.01. The standard InChI is InChI=1S/C23H24O5/c1-22(2,3)21(26)28-23(4)17-9-7-6-8-15(17)20(25)16-12-14(10-11-18(16)23)13-19(24)27-5/h6-12H,13H2,1-5H3. The van der Waals surface area contributed by atoms with Crippen LogP contribution in [0.2, 0.25) is 0 Å². The van der Waals surface area contributed by atoms with Gasteiger partial charge >= 0.3 is 11.9 Å². The zero-order valence-electron chi connectivity index (χ0n) is 16.8. The van der Waals surface area contributed by atoms with E-state index in [9.17, 15) is 14.4 Å². The van der Waals surface area contributed by atoms with Crippen molar-refractivity contribution in [3.8, 4) is 0 Å². The summed E-state index contributed by atoms with van der Waals surface area (Å²) in [5.41, 5.74) is 1.08. The van der Waals surface area contributed by atoms with Gasteiger partial charge in [-0.05, 0) is 39.3 Å². The molecule has 0 heterocycles. The van der Waals surface area contributed by atoms with E-state index in [-0.39, 0.29) is 24.1 Å². The summed E-state index contributed by atoms with van der Waals surface area (Å²) in [6.07, 6.45) is 0.0667. The van der Waals surface area contributed by atoms with E-state index in [1.807, 2.05) is 12.1 Å². The molecule has 0 N–H and O–H groups in total. The van der Waals surface area contributed by atoms with Crippen molar-refractivity contribution < 1.29 is 23.9 Å². The lowest BCUT2D eigenvalue weighted by molar-refractivity contribution is -0.165. The third-order valence-corrected chi connectivity index (χ3v) is 5.01. The summed E-state index contributed by atoms with van der Waals surface area (Å²) in [5.74, 6) is -0.893. The van der Waals surface area contributed by atoms with E-state index in [0.717, 1.165) is 0 Å². The Kier molecular flexibility index (Phi) is 4.88. The third kappa shape index (κ3) is 3.33. The molecule has 0 saturated heterocycles. The molecule has 0 radical (unpaired) electrons. The lowest BCUT2D eigenvalue weighted by Gasteiger charge is -2.38. The minimum Gasteiger partial charge on any atom is -0.469 e. The molecule has 2 aromatic rings. The van der Waals surface area contributed by atoms with Gasteiger partial charge in [-0.25, -0.2) is 0 Å². The Hall–Kier alpha value is -2.95. The zero-order chi connectivity index (χ0) is 20.7. The van der Waals surface area contributed by atoms with Crippen molar-refractivity contribution in [2.45, 2.75) is 39.7 Å². The van der Waals surface area contributed by atoms with Crippen LogP contribution in [0.15, 0.2) is 42.5 Å². The topological polar surface area (TPSA) is 69.7 Å². The highest BCUT2D eigenvalue weighted by Gasteiger charge is 2.44. The van der Waals surface area contributed by atoms with Crippen LogP contribution in [-0.2, 0) is 31.1 Å². The van der Waals surface area contributed by atoms with E-state index >= 15 is 0 Å². The minimum absolute atomic E-state index is 0.0667. The Morgan fingerprint density at radius 1 is 1.00 bits per heavy atom. The molecule has 3 rings (SSSR count). The van der Waals surface area contributed by atoms with Gasteiger partial charge in [0, 0.05) is 22.3 Å². The van der Waals surface area contributed by atoms with Gasteiger partial charge in [-0.1, -0.05) is 36.4 Å². The van der Waals surface area contributed by atoms with Crippen molar-refractivity contribution in [3.05, 3.63) is 70.3 Å². The number of hydrogen-bond acceptors (Lipinski definition) is 5. The first-order valence-electron chi connectivity index (χ1n) is 9.16. The molecule has 0 spiro atoms. The molecule has 0 aromatic heterocycles. The van der Waals surface area contributed by atoms with Crippen LogP contribution in [0, 0.1) is 5.41 Å². The number of ketones is 1. The molecule has 0 bridgehead atoms. The molecule has 0 amide bonds. The molecule has 5 nitrogen and oxygen atoms in total. The van der Waals surface area contributed by atoms with E-state index in [1.165, 1.54) is 7.11 Å². The van der Waals surface area contributed by atoms with Crippen molar-refractivity contribution in [2.75, 3.05) is 7.11 Å². The van der Waals surface area contributed by atoms with Gasteiger partial charge in [0.25, 0.3) is 0 Å². The van der Waals surface area contributed by atoms with Crippen molar-refractivity contribution >= 4 is 17.7 Å². The molecule has 0 fully saturated rings. The van der Waals surface area contributed by atoms with Crippen molar-refractivity contribution in [2.24, 2.45) is 5.41 Å². The van der Waals surface area contributed by atoms with Crippen molar-refractivity contribution in [3.63, 3.8) is 0 Å². The van der Waals surface area contributed by atoms with Crippen LogP contribution in [-0.4, -0.2) is 24.8 Å². The Morgan fingerprint density at radius 3 is 2.29 bits per heavy atom. The maximum absolute atomic E-state index is 13.1. The second-order valence-corrected chi connectivity index (χ2v) is 8.18. The quantitative estimate of drug-likeness (QED) is 0.758. The van der Waals surface area contributed by atoms with Crippen LogP contribution in [0.5, 0.6) is 0 Å². The number of ether oxygens (including phenoxy) is 2. The Labute approximate surface area is 164 Å². The summed E-state index contributed by atoms with van der Waals surface area (Å²) in [4.78, 5) is 37.5. The average molecular weight is 380 g/mol. The fourth-order valence-electron chi connectivity index (χ4n) is 3.38. The normalized spacial score (nSPS) is 18.1. The van der Waals surface area contributed by atoms with Crippen LogP contribution in [0.3, 0.4) is 0 Å². The number of rotatable bonds is 3. The molecule has 146 valence electrons. The summed E-state index contributed by atoms with van der Waals surface area (Å²) >= 11 is 0. The molecular weight excluding hydrogens is 356 g/mol. The fourth-order valence-corrected chi connectivity index (χ4v) is 3.38. The average Bonchev–Trinajstić information content (AvgIpc) is 2.65. The molecule has 28 heavy (non-hydrogen) atoms. The Bertz CT molecular complexity index is 967. The van der Waals surface area contributed by atoms with Gasteiger partial charge in [0.15, 0.2) is 11.4 Å². The van der Waals surface area contributed by atoms with Gasteiger partial charge in [0.05, 0.1) is 18.9 Å². The number of fused-ring (bicyclic) bond motifs is 2. The predicted molar refractivity (Wildman–Crippen MR) is 104 cm³/mol. The first-order chi connectivity index (χ1) is 13.1. The summed E-state index contributed by atoms with van der Waals surface area (Å²) in [7, 11) is 1.32. The fraction of sp³-hybridized carbons (Fsp3) is 0.348. The van der Waals surface area contributed by atoms with Gasteiger partial charge in [0.1, 0.15) is 0 Å². The second kappa shape index (κ2) is 6.89. The summed E-state index contributed by atoms with van der Waals surface area (Å²) in [5, 5.41) is 0. The summed E-state index contributed by atoms with van der Waals surface area (Å²) in [6.45, 7) is 7.18. The number of benzene rings is 2. The smallest absolute Gasteiger partial charge is 0.312 e. The largest absolute Gasteiger partial charge is 0.469 e. The Balaban J connectivity index is 2.17. The second-order valence-electron chi connectivity index (χ2n) is 8.18. The van der Waals surface area contributed by atoms with Crippen LogP contribution in [0.4, 0.5) is 0 Å².